The molecule has 0 aromatic carbocycles. The monoisotopic (exact) mass is 341 g/mol. The van der Waals surface area contributed by atoms with Gasteiger partial charge >= 0.3 is 0 Å². The zero-order chi connectivity index (χ0) is 17.1. The van der Waals surface area contributed by atoms with E-state index in [2.05, 4.69) is 20.3 Å². The number of rotatable bonds is 4. The van der Waals surface area contributed by atoms with E-state index in [1.165, 1.54) is 0 Å². The summed E-state index contributed by atoms with van der Waals surface area (Å²) in [6.07, 6.45) is 7.34. The van der Waals surface area contributed by atoms with Crippen molar-refractivity contribution in [1.29, 1.82) is 0 Å². The molecule has 0 unspecified atom stereocenters. The van der Waals surface area contributed by atoms with E-state index in [9.17, 15) is 4.79 Å². The molecule has 4 rings (SSSR count). The average Bonchev–Trinajstić information content (AvgIpc) is 3.15. The molecule has 1 atom stereocenters. The second kappa shape index (κ2) is 7.33. The fraction of sp³-hybridized carbons (Fsp3) is 0.500. The zero-order valence-corrected chi connectivity index (χ0v) is 14.2. The van der Waals surface area contributed by atoms with Crippen molar-refractivity contribution in [2.24, 2.45) is 0 Å². The fourth-order valence-corrected chi connectivity index (χ4v) is 3.65. The highest BCUT2D eigenvalue weighted by Gasteiger charge is 2.34. The van der Waals surface area contributed by atoms with Gasteiger partial charge in [-0.2, -0.15) is 5.10 Å². The number of amides is 1. The Kier molecular flexibility index (Phi) is 4.76. The third-order valence-electron chi connectivity index (χ3n) is 5.02. The van der Waals surface area contributed by atoms with E-state index in [0.29, 0.717) is 19.1 Å². The van der Waals surface area contributed by atoms with Crippen LogP contribution in [-0.2, 0) is 22.6 Å². The zero-order valence-electron chi connectivity index (χ0n) is 14.2. The molecule has 0 saturated carbocycles. The molecule has 0 radical (unpaired) electrons. The number of pyridine rings is 1. The van der Waals surface area contributed by atoms with Gasteiger partial charge in [0.25, 0.3) is 0 Å². The van der Waals surface area contributed by atoms with Crippen molar-refractivity contribution in [2.45, 2.75) is 38.0 Å². The van der Waals surface area contributed by atoms with Crippen molar-refractivity contribution in [1.82, 2.24) is 25.0 Å². The van der Waals surface area contributed by atoms with E-state index < -0.39 is 0 Å². The summed E-state index contributed by atoms with van der Waals surface area (Å²) < 4.78 is 7.35. The summed E-state index contributed by atoms with van der Waals surface area (Å²) >= 11 is 0. The van der Waals surface area contributed by atoms with E-state index in [-0.39, 0.29) is 11.9 Å². The van der Waals surface area contributed by atoms with Crippen LogP contribution in [0.5, 0.6) is 0 Å². The van der Waals surface area contributed by atoms with Crippen LogP contribution in [0.25, 0.3) is 0 Å². The van der Waals surface area contributed by atoms with Gasteiger partial charge in [-0.3, -0.25) is 19.4 Å². The lowest BCUT2D eigenvalue weighted by Crippen LogP contribution is -2.49. The van der Waals surface area contributed by atoms with Crippen LogP contribution in [0.4, 0.5) is 0 Å². The quantitative estimate of drug-likeness (QED) is 0.903. The first-order valence-corrected chi connectivity index (χ1v) is 8.82. The summed E-state index contributed by atoms with van der Waals surface area (Å²) in [5.74, 6) is 0.00515. The molecule has 2 aliphatic rings. The Labute approximate surface area is 147 Å². The molecular formula is C18H23N5O2. The summed E-state index contributed by atoms with van der Waals surface area (Å²) in [6, 6.07) is 6.03. The van der Waals surface area contributed by atoms with Crippen LogP contribution in [0.15, 0.2) is 36.8 Å². The van der Waals surface area contributed by atoms with Gasteiger partial charge in [0.1, 0.15) is 6.04 Å². The summed E-state index contributed by atoms with van der Waals surface area (Å²) in [5.41, 5.74) is 2.09. The van der Waals surface area contributed by atoms with Crippen molar-refractivity contribution in [3.63, 3.8) is 0 Å². The second-order valence-electron chi connectivity index (χ2n) is 6.63. The molecule has 0 bridgehead atoms. The van der Waals surface area contributed by atoms with E-state index in [4.69, 9.17) is 4.74 Å². The standard InChI is InChI=1S/C18H23N5O2/c24-18(20-11-14-2-1-6-19-10-14)17-13-22(15-4-8-25-9-5-15)12-16-3-7-21-23(16)17/h1-3,6-7,10,15,17H,4-5,8-9,11-13H2,(H,20,24)/t17-/m0/s1. The first kappa shape index (κ1) is 16.2. The van der Waals surface area contributed by atoms with Gasteiger partial charge in [0.2, 0.25) is 5.91 Å². The van der Waals surface area contributed by atoms with Crippen LogP contribution in [-0.4, -0.2) is 51.4 Å². The fourth-order valence-electron chi connectivity index (χ4n) is 3.65. The predicted molar refractivity (Wildman–Crippen MR) is 91.6 cm³/mol. The van der Waals surface area contributed by atoms with Crippen LogP contribution in [0, 0.1) is 0 Å². The maximum Gasteiger partial charge on any atom is 0.246 e. The van der Waals surface area contributed by atoms with Crippen LogP contribution in [0.1, 0.15) is 30.1 Å². The van der Waals surface area contributed by atoms with Crippen molar-refractivity contribution >= 4 is 5.91 Å². The minimum Gasteiger partial charge on any atom is -0.381 e. The lowest BCUT2D eigenvalue weighted by atomic mass is 10.0. The first-order valence-electron chi connectivity index (χ1n) is 8.82. The summed E-state index contributed by atoms with van der Waals surface area (Å²) in [7, 11) is 0. The lowest BCUT2D eigenvalue weighted by molar-refractivity contribution is -0.126. The maximum absolute atomic E-state index is 12.8. The van der Waals surface area contributed by atoms with Gasteiger partial charge in [0.15, 0.2) is 0 Å². The summed E-state index contributed by atoms with van der Waals surface area (Å²) in [5, 5.41) is 7.42. The Bertz CT molecular complexity index is 711. The molecule has 1 fully saturated rings. The molecular weight excluding hydrogens is 318 g/mol. The highest BCUT2D eigenvalue weighted by Crippen LogP contribution is 2.26. The number of nitrogens with zero attached hydrogens (tertiary/aromatic N) is 4. The molecule has 4 heterocycles. The summed E-state index contributed by atoms with van der Waals surface area (Å²) in [6.45, 7) is 3.63. The minimum atomic E-state index is -0.293. The SMILES string of the molecule is O=C(NCc1cccnc1)[C@@H]1CN(C2CCOCC2)Cc2ccnn21. The molecule has 2 aromatic heterocycles. The number of hydrogen-bond donors (Lipinski definition) is 1. The van der Waals surface area contributed by atoms with E-state index in [1.807, 2.05) is 22.9 Å². The van der Waals surface area contributed by atoms with E-state index >= 15 is 0 Å². The van der Waals surface area contributed by atoms with Crippen LogP contribution >= 0.6 is 0 Å². The maximum atomic E-state index is 12.8. The van der Waals surface area contributed by atoms with Crippen LogP contribution in [0.2, 0.25) is 0 Å². The number of ether oxygens (including phenoxy) is 1. The average molecular weight is 341 g/mol. The Hall–Kier alpha value is -2.25. The molecule has 1 saturated heterocycles. The highest BCUT2D eigenvalue weighted by molar-refractivity contribution is 5.80. The minimum absolute atomic E-state index is 0.00515. The van der Waals surface area contributed by atoms with Crippen molar-refractivity contribution in [3.05, 3.63) is 48.0 Å². The van der Waals surface area contributed by atoms with Crippen molar-refractivity contribution < 1.29 is 9.53 Å². The molecule has 1 amide bonds. The number of fused-ring (bicyclic) bond motifs is 1. The number of carbonyl (C=O) groups excluding carboxylic acids is 1. The highest BCUT2D eigenvalue weighted by atomic mass is 16.5. The van der Waals surface area contributed by atoms with Gasteiger partial charge in [0, 0.05) is 57.5 Å². The van der Waals surface area contributed by atoms with Gasteiger partial charge in [-0.25, -0.2) is 0 Å². The molecule has 25 heavy (non-hydrogen) atoms. The Morgan fingerprint density at radius 3 is 2.96 bits per heavy atom. The Morgan fingerprint density at radius 1 is 1.28 bits per heavy atom. The third kappa shape index (κ3) is 3.57. The Morgan fingerprint density at radius 2 is 2.16 bits per heavy atom. The number of hydrogen-bond acceptors (Lipinski definition) is 5. The lowest BCUT2D eigenvalue weighted by Gasteiger charge is -2.39. The second-order valence-corrected chi connectivity index (χ2v) is 6.63. The summed E-state index contributed by atoms with van der Waals surface area (Å²) in [4.78, 5) is 19.3. The van der Waals surface area contributed by atoms with Crippen LogP contribution < -0.4 is 5.32 Å². The molecule has 2 aliphatic heterocycles. The largest absolute Gasteiger partial charge is 0.381 e. The van der Waals surface area contributed by atoms with Gasteiger partial charge in [-0.05, 0) is 30.5 Å². The van der Waals surface area contributed by atoms with Gasteiger partial charge in [0.05, 0.1) is 5.69 Å². The van der Waals surface area contributed by atoms with Crippen molar-refractivity contribution in [3.8, 4) is 0 Å². The molecule has 0 aliphatic carbocycles. The van der Waals surface area contributed by atoms with Gasteiger partial charge < -0.3 is 10.1 Å². The van der Waals surface area contributed by atoms with E-state index in [1.54, 1.807) is 18.6 Å². The normalized spacial score (nSPS) is 21.7. The molecule has 1 N–H and O–H groups in total. The number of carbonyl (C=O) groups is 1. The smallest absolute Gasteiger partial charge is 0.246 e. The molecule has 2 aromatic rings. The number of nitrogens with one attached hydrogen (secondary N) is 1. The first-order chi connectivity index (χ1) is 12.3. The van der Waals surface area contributed by atoms with Gasteiger partial charge in [-0.1, -0.05) is 6.07 Å². The van der Waals surface area contributed by atoms with Crippen LogP contribution in [0.3, 0.4) is 0 Å². The number of aromatic nitrogens is 3. The molecule has 7 heteroatoms. The van der Waals surface area contributed by atoms with Gasteiger partial charge in [-0.15, -0.1) is 0 Å². The molecule has 132 valence electrons. The van der Waals surface area contributed by atoms with E-state index in [0.717, 1.165) is 43.9 Å². The predicted octanol–water partition coefficient (Wildman–Crippen LogP) is 1.13. The Balaban J connectivity index is 1.46. The third-order valence-corrected chi connectivity index (χ3v) is 5.02. The topological polar surface area (TPSA) is 72.3 Å². The van der Waals surface area contributed by atoms with Crippen molar-refractivity contribution in [2.75, 3.05) is 19.8 Å². The molecule has 0 spiro atoms. The molecule has 7 nitrogen and oxygen atoms in total.